The van der Waals surface area contributed by atoms with Crippen molar-refractivity contribution in [2.45, 2.75) is 46.1 Å². The molecular formula is C17H26N2O. The second kappa shape index (κ2) is 6.29. The van der Waals surface area contributed by atoms with E-state index in [-0.39, 0.29) is 5.54 Å². The molecule has 0 aromatic carbocycles. The Hall–Kier alpha value is -1.51. The molecule has 1 heterocycles. The molecule has 0 saturated carbocycles. The number of nitrogens with zero attached hydrogens (tertiary/aromatic N) is 1. The normalized spacial score (nSPS) is 22.6. The Morgan fingerprint density at radius 1 is 1.25 bits per heavy atom. The summed E-state index contributed by atoms with van der Waals surface area (Å²) in [6.45, 7) is 9.41. The highest BCUT2D eigenvalue weighted by molar-refractivity contribution is 5.39. The van der Waals surface area contributed by atoms with Gasteiger partial charge in [-0.2, -0.15) is 4.98 Å². The summed E-state index contributed by atoms with van der Waals surface area (Å²) < 4.78 is 5.89. The Labute approximate surface area is 122 Å². The standard InChI is InChI=1S/C17H26N2O/c1-13-8-5-6-9-14(13)12-20-16-11-7-10-15(18-16)19-17(2,3)4/h5-7,10-11,13-14H,8-9,12H2,1-4H3,(H,18,19). The van der Waals surface area contributed by atoms with Crippen molar-refractivity contribution in [2.75, 3.05) is 11.9 Å². The van der Waals surface area contributed by atoms with E-state index in [1.54, 1.807) is 0 Å². The number of hydrogen-bond acceptors (Lipinski definition) is 3. The second-order valence-electron chi connectivity index (χ2n) is 6.73. The highest BCUT2D eigenvalue weighted by Gasteiger charge is 2.19. The molecule has 2 atom stereocenters. The lowest BCUT2D eigenvalue weighted by molar-refractivity contribution is 0.193. The maximum Gasteiger partial charge on any atom is 0.215 e. The summed E-state index contributed by atoms with van der Waals surface area (Å²) in [4.78, 5) is 4.52. The predicted octanol–water partition coefficient (Wildman–Crippen LogP) is 4.27. The average molecular weight is 274 g/mol. The Bertz CT molecular complexity index is 462. The van der Waals surface area contributed by atoms with Gasteiger partial charge in [0.25, 0.3) is 0 Å². The third kappa shape index (κ3) is 4.55. The van der Waals surface area contributed by atoms with Crippen LogP contribution in [0.25, 0.3) is 0 Å². The molecule has 2 rings (SSSR count). The molecule has 0 radical (unpaired) electrons. The molecule has 0 spiro atoms. The Kier molecular flexibility index (Phi) is 4.69. The summed E-state index contributed by atoms with van der Waals surface area (Å²) in [6.07, 6.45) is 6.81. The summed E-state index contributed by atoms with van der Waals surface area (Å²) in [5.74, 6) is 2.87. The SMILES string of the molecule is CC1CC=CCC1COc1cccc(NC(C)(C)C)n1. The van der Waals surface area contributed by atoms with Gasteiger partial charge in [0.05, 0.1) is 6.61 Å². The lowest BCUT2D eigenvalue weighted by atomic mass is 9.85. The van der Waals surface area contributed by atoms with E-state index in [2.05, 4.69) is 50.1 Å². The molecule has 1 N–H and O–H groups in total. The van der Waals surface area contributed by atoms with Gasteiger partial charge in [-0.1, -0.05) is 25.1 Å². The van der Waals surface area contributed by atoms with Crippen LogP contribution < -0.4 is 10.1 Å². The maximum absolute atomic E-state index is 5.89. The molecule has 1 aromatic heterocycles. The number of aromatic nitrogens is 1. The fourth-order valence-electron chi connectivity index (χ4n) is 2.38. The van der Waals surface area contributed by atoms with Crippen LogP contribution in [0.2, 0.25) is 0 Å². The lowest BCUT2D eigenvalue weighted by Gasteiger charge is -2.25. The van der Waals surface area contributed by atoms with Crippen LogP contribution in [0.3, 0.4) is 0 Å². The monoisotopic (exact) mass is 274 g/mol. The van der Waals surface area contributed by atoms with Gasteiger partial charge >= 0.3 is 0 Å². The fraction of sp³-hybridized carbons (Fsp3) is 0.588. The van der Waals surface area contributed by atoms with E-state index in [9.17, 15) is 0 Å². The molecule has 0 bridgehead atoms. The molecule has 1 aliphatic rings. The number of rotatable bonds is 4. The Morgan fingerprint density at radius 3 is 2.70 bits per heavy atom. The van der Waals surface area contributed by atoms with Crippen LogP contribution in [0.1, 0.15) is 40.5 Å². The quantitative estimate of drug-likeness (QED) is 0.832. The molecule has 0 fully saturated rings. The summed E-state index contributed by atoms with van der Waals surface area (Å²) in [5.41, 5.74) is 0.00824. The second-order valence-corrected chi connectivity index (χ2v) is 6.73. The molecule has 0 aliphatic heterocycles. The fourth-order valence-corrected chi connectivity index (χ4v) is 2.38. The van der Waals surface area contributed by atoms with Crippen LogP contribution in [0, 0.1) is 11.8 Å². The minimum atomic E-state index is 0.00824. The first-order chi connectivity index (χ1) is 9.44. The number of nitrogens with one attached hydrogen (secondary N) is 1. The zero-order chi connectivity index (χ0) is 14.6. The van der Waals surface area contributed by atoms with Gasteiger partial charge in [-0.25, -0.2) is 0 Å². The smallest absolute Gasteiger partial charge is 0.215 e. The molecule has 0 amide bonds. The van der Waals surface area contributed by atoms with Gasteiger partial charge in [0, 0.05) is 11.6 Å². The van der Waals surface area contributed by atoms with Crippen LogP contribution >= 0.6 is 0 Å². The van der Waals surface area contributed by atoms with Gasteiger partial charge in [-0.3, -0.25) is 0 Å². The highest BCUT2D eigenvalue weighted by Crippen LogP contribution is 2.26. The van der Waals surface area contributed by atoms with E-state index < -0.39 is 0 Å². The molecule has 20 heavy (non-hydrogen) atoms. The van der Waals surface area contributed by atoms with Crippen molar-refractivity contribution < 1.29 is 4.74 Å². The first-order valence-corrected chi connectivity index (χ1v) is 7.47. The van der Waals surface area contributed by atoms with E-state index in [4.69, 9.17) is 4.74 Å². The number of ether oxygens (including phenoxy) is 1. The van der Waals surface area contributed by atoms with Gasteiger partial charge in [0.2, 0.25) is 5.88 Å². The van der Waals surface area contributed by atoms with Gasteiger partial charge in [0.1, 0.15) is 5.82 Å². The van der Waals surface area contributed by atoms with Crippen molar-refractivity contribution in [2.24, 2.45) is 11.8 Å². The predicted molar refractivity (Wildman–Crippen MR) is 84.1 cm³/mol. The van der Waals surface area contributed by atoms with Gasteiger partial charge in [0.15, 0.2) is 0 Å². The third-order valence-corrected chi connectivity index (χ3v) is 3.59. The van der Waals surface area contributed by atoms with Crippen LogP contribution in [-0.4, -0.2) is 17.1 Å². The van der Waals surface area contributed by atoms with Crippen molar-refractivity contribution in [3.63, 3.8) is 0 Å². The van der Waals surface area contributed by atoms with E-state index in [0.29, 0.717) is 17.7 Å². The van der Waals surface area contributed by atoms with Crippen LogP contribution in [-0.2, 0) is 0 Å². The van der Waals surface area contributed by atoms with Gasteiger partial charge in [-0.15, -0.1) is 0 Å². The zero-order valence-electron chi connectivity index (χ0n) is 13.0. The average Bonchev–Trinajstić information content (AvgIpc) is 2.36. The molecular weight excluding hydrogens is 248 g/mol. The van der Waals surface area contributed by atoms with E-state index >= 15 is 0 Å². The number of hydrogen-bond donors (Lipinski definition) is 1. The number of allylic oxidation sites excluding steroid dienone is 2. The van der Waals surface area contributed by atoms with Crippen LogP contribution in [0.4, 0.5) is 5.82 Å². The topological polar surface area (TPSA) is 34.1 Å². The first-order valence-electron chi connectivity index (χ1n) is 7.47. The maximum atomic E-state index is 5.89. The summed E-state index contributed by atoms with van der Waals surface area (Å²) in [7, 11) is 0. The lowest BCUT2D eigenvalue weighted by Crippen LogP contribution is -2.26. The van der Waals surface area contributed by atoms with E-state index in [1.807, 2.05) is 18.2 Å². The minimum absolute atomic E-state index is 0.00824. The molecule has 3 heteroatoms. The molecule has 3 nitrogen and oxygen atoms in total. The largest absolute Gasteiger partial charge is 0.477 e. The molecule has 1 aliphatic carbocycles. The third-order valence-electron chi connectivity index (χ3n) is 3.59. The van der Waals surface area contributed by atoms with Gasteiger partial charge < -0.3 is 10.1 Å². The molecule has 110 valence electrons. The van der Waals surface area contributed by atoms with E-state index in [0.717, 1.165) is 25.3 Å². The minimum Gasteiger partial charge on any atom is -0.477 e. The summed E-state index contributed by atoms with van der Waals surface area (Å²) in [6, 6.07) is 5.89. The number of pyridine rings is 1. The molecule has 0 saturated heterocycles. The van der Waals surface area contributed by atoms with Crippen molar-refractivity contribution in [3.05, 3.63) is 30.4 Å². The Balaban J connectivity index is 1.93. The summed E-state index contributed by atoms with van der Waals surface area (Å²) >= 11 is 0. The molecule has 2 unspecified atom stereocenters. The summed E-state index contributed by atoms with van der Waals surface area (Å²) in [5, 5.41) is 3.37. The molecule has 1 aromatic rings. The highest BCUT2D eigenvalue weighted by atomic mass is 16.5. The van der Waals surface area contributed by atoms with Crippen LogP contribution in [0.15, 0.2) is 30.4 Å². The van der Waals surface area contributed by atoms with Crippen molar-refractivity contribution in [1.82, 2.24) is 4.98 Å². The zero-order valence-corrected chi connectivity index (χ0v) is 13.0. The van der Waals surface area contributed by atoms with E-state index in [1.165, 1.54) is 0 Å². The van der Waals surface area contributed by atoms with Crippen molar-refractivity contribution in [3.8, 4) is 5.88 Å². The first kappa shape index (κ1) is 14.9. The van der Waals surface area contributed by atoms with Crippen LogP contribution in [0.5, 0.6) is 5.88 Å². The number of anilines is 1. The van der Waals surface area contributed by atoms with Crippen molar-refractivity contribution in [1.29, 1.82) is 0 Å². The van der Waals surface area contributed by atoms with Gasteiger partial charge in [-0.05, 0) is 51.5 Å². The Morgan fingerprint density at radius 2 is 2.00 bits per heavy atom. The van der Waals surface area contributed by atoms with Crippen molar-refractivity contribution >= 4 is 5.82 Å².